The number of ether oxygens (including phenoxy) is 1. The van der Waals surface area contributed by atoms with Crippen molar-refractivity contribution in [1.29, 1.82) is 0 Å². The van der Waals surface area contributed by atoms with E-state index in [1.807, 2.05) is 6.92 Å². The van der Waals surface area contributed by atoms with Crippen molar-refractivity contribution in [3.05, 3.63) is 0 Å². The van der Waals surface area contributed by atoms with Crippen LogP contribution in [0.3, 0.4) is 0 Å². The predicted molar refractivity (Wildman–Crippen MR) is 55.1 cm³/mol. The fraction of sp³-hybridized carbons (Fsp3) is 0.889. The van der Waals surface area contributed by atoms with E-state index in [1.165, 1.54) is 0 Å². The van der Waals surface area contributed by atoms with E-state index in [1.54, 1.807) is 0 Å². The van der Waals surface area contributed by atoms with Gasteiger partial charge in [-0.1, -0.05) is 0 Å². The molecular weight excluding hydrogens is 186 g/mol. The molecule has 76 valence electrons. The molecule has 0 spiro atoms. The zero-order valence-electron chi connectivity index (χ0n) is 8.01. The Morgan fingerprint density at radius 1 is 1.69 bits per heavy atom. The molecule has 1 aliphatic heterocycles. The second-order valence-electron chi connectivity index (χ2n) is 3.74. The first-order valence-electron chi connectivity index (χ1n) is 4.66. The molecule has 1 heterocycles. The highest BCUT2D eigenvalue weighted by molar-refractivity contribution is 7.80. The summed E-state index contributed by atoms with van der Waals surface area (Å²) < 4.78 is 5.33. The molecule has 1 N–H and O–H groups in total. The molecule has 0 aliphatic carbocycles. The number of hydrogen-bond donors (Lipinski definition) is 2. The minimum atomic E-state index is -0.154. The van der Waals surface area contributed by atoms with Crippen LogP contribution in [0.15, 0.2) is 0 Å². The van der Waals surface area contributed by atoms with Crippen LogP contribution in [0.4, 0.5) is 0 Å². The lowest BCUT2D eigenvalue weighted by molar-refractivity contribution is -0.124. The van der Waals surface area contributed by atoms with Gasteiger partial charge in [0, 0.05) is 13.0 Å². The summed E-state index contributed by atoms with van der Waals surface area (Å²) in [6.45, 7) is 3.48. The normalized spacial score (nSPS) is 28.5. The van der Waals surface area contributed by atoms with Crippen molar-refractivity contribution in [2.75, 3.05) is 19.0 Å². The van der Waals surface area contributed by atoms with E-state index in [0.29, 0.717) is 18.8 Å². The quantitative estimate of drug-likeness (QED) is 0.671. The van der Waals surface area contributed by atoms with Crippen LogP contribution in [0.2, 0.25) is 0 Å². The number of hydrogen-bond acceptors (Lipinski definition) is 3. The number of amides is 1. The molecule has 0 saturated carbocycles. The SMILES string of the molecule is CC1(NC(=O)CCS)CCCOC1. The Labute approximate surface area is 84.6 Å². The van der Waals surface area contributed by atoms with Gasteiger partial charge in [-0.2, -0.15) is 12.6 Å². The maximum Gasteiger partial charge on any atom is 0.221 e. The summed E-state index contributed by atoms with van der Waals surface area (Å²) >= 11 is 4.01. The number of thiol groups is 1. The molecule has 1 amide bonds. The fourth-order valence-corrected chi connectivity index (χ4v) is 1.74. The first-order chi connectivity index (χ1) is 6.16. The van der Waals surface area contributed by atoms with E-state index in [2.05, 4.69) is 17.9 Å². The van der Waals surface area contributed by atoms with Gasteiger partial charge in [-0.05, 0) is 25.5 Å². The summed E-state index contributed by atoms with van der Waals surface area (Å²) in [5.74, 6) is 0.672. The van der Waals surface area contributed by atoms with Crippen molar-refractivity contribution in [2.24, 2.45) is 0 Å². The molecule has 4 heteroatoms. The maximum absolute atomic E-state index is 11.3. The molecule has 0 aromatic heterocycles. The predicted octanol–water partition coefficient (Wildman–Crippen LogP) is 0.992. The van der Waals surface area contributed by atoms with Crippen molar-refractivity contribution >= 4 is 18.5 Å². The van der Waals surface area contributed by atoms with Crippen LogP contribution in [0, 0.1) is 0 Å². The zero-order chi connectivity index (χ0) is 9.73. The molecule has 1 fully saturated rings. The second-order valence-corrected chi connectivity index (χ2v) is 4.19. The third-order valence-electron chi connectivity index (χ3n) is 2.22. The fourth-order valence-electron chi connectivity index (χ4n) is 1.53. The maximum atomic E-state index is 11.3. The van der Waals surface area contributed by atoms with Gasteiger partial charge in [-0.3, -0.25) is 4.79 Å². The van der Waals surface area contributed by atoms with Gasteiger partial charge in [0.15, 0.2) is 0 Å². The van der Waals surface area contributed by atoms with Gasteiger partial charge in [-0.25, -0.2) is 0 Å². The average Bonchev–Trinajstić information content (AvgIpc) is 2.04. The van der Waals surface area contributed by atoms with Crippen LogP contribution in [0.1, 0.15) is 26.2 Å². The van der Waals surface area contributed by atoms with E-state index in [0.717, 1.165) is 19.4 Å². The number of rotatable bonds is 3. The summed E-state index contributed by atoms with van der Waals surface area (Å²) in [5.41, 5.74) is -0.154. The summed E-state index contributed by atoms with van der Waals surface area (Å²) in [4.78, 5) is 11.3. The molecule has 1 atom stereocenters. The Morgan fingerprint density at radius 2 is 2.46 bits per heavy atom. The van der Waals surface area contributed by atoms with Crippen molar-refractivity contribution in [3.63, 3.8) is 0 Å². The third kappa shape index (κ3) is 3.56. The number of carbonyl (C=O) groups excluding carboxylic acids is 1. The van der Waals surface area contributed by atoms with Crippen LogP contribution in [-0.4, -0.2) is 30.4 Å². The summed E-state index contributed by atoms with van der Waals surface area (Å²) in [5, 5.41) is 2.98. The summed E-state index contributed by atoms with van der Waals surface area (Å²) in [6.07, 6.45) is 2.52. The largest absolute Gasteiger partial charge is 0.379 e. The van der Waals surface area contributed by atoms with Gasteiger partial charge in [0.1, 0.15) is 0 Å². The molecule has 0 aromatic carbocycles. The summed E-state index contributed by atoms with van der Waals surface area (Å²) in [6, 6.07) is 0. The van der Waals surface area contributed by atoms with Gasteiger partial charge >= 0.3 is 0 Å². The Morgan fingerprint density at radius 3 is 3.00 bits per heavy atom. The van der Waals surface area contributed by atoms with Crippen LogP contribution >= 0.6 is 12.6 Å². The Hall–Kier alpha value is -0.220. The van der Waals surface area contributed by atoms with Gasteiger partial charge in [0.25, 0.3) is 0 Å². The Bertz CT molecular complexity index is 178. The van der Waals surface area contributed by atoms with Gasteiger partial charge in [-0.15, -0.1) is 0 Å². The van der Waals surface area contributed by atoms with Gasteiger partial charge in [0.05, 0.1) is 12.1 Å². The molecule has 3 nitrogen and oxygen atoms in total. The molecular formula is C9H17NO2S. The first kappa shape index (κ1) is 10.9. The van der Waals surface area contributed by atoms with Crippen LogP contribution in [0.25, 0.3) is 0 Å². The lowest BCUT2D eigenvalue weighted by Crippen LogP contribution is -2.51. The highest BCUT2D eigenvalue weighted by atomic mass is 32.1. The Kier molecular flexibility index (Phi) is 4.06. The lowest BCUT2D eigenvalue weighted by Gasteiger charge is -2.34. The van der Waals surface area contributed by atoms with Crippen molar-refractivity contribution in [2.45, 2.75) is 31.7 Å². The molecule has 1 saturated heterocycles. The minimum absolute atomic E-state index is 0.0722. The van der Waals surface area contributed by atoms with Gasteiger partial charge in [0.2, 0.25) is 5.91 Å². The highest BCUT2D eigenvalue weighted by Gasteiger charge is 2.28. The van der Waals surface area contributed by atoms with Crippen molar-refractivity contribution < 1.29 is 9.53 Å². The van der Waals surface area contributed by atoms with E-state index < -0.39 is 0 Å². The van der Waals surface area contributed by atoms with E-state index in [-0.39, 0.29) is 11.4 Å². The number of carbonyl (C=O) groups is 1. The molecule has 13 heavy (non-hydrogen) atoms. The molecule has 0 radical (unpaired) electrons. The molecule has 0 bridgehead atoms. The van der Waals surface area contributed by atoms with Crippen molar-refractivity contribution in [1.82, 2.24) is 5.32 Å². The summed E-state index contributed by atoms with van der Waals surface area (Å²) in [7, 11) is 0. The van der Waals surface area contributed by atoms with E-state index in [4.69, 9.17) is 4.74 Å². The monoisotopic (exact) mass is 203 g/mol. The number of nitrogens with one attached hydrogen (secondary N) is 1. The van der Waals surface area contributed by atoms with E-state index >= 15 is 0 Å². The lowest BCUT2D eigenvalue weighted by atomic mass is 9.95. The minimum Gasteiger partial charge on any atom is -0.379 e. The Balaban J connectivity index is 2.36. The standard InChI is InChI=1S/C9H17NO2S/c1-9(4-2-5-12-7-9)10-8(11)3-6-13/h13H,2-7H2,1H3,(H,10,11). The smallest absolute Gasteiger partial charge is 0.221 e. The zero-order valence-corrected chi connectivity index (χ0v) is 8.90. The first-order valence-corrected chi connectivity index (χ1v) is 5.29. The highest BCUT2D eigenvalue weighted by Crippen LogP contribution is 2.18. The van der Waals surface area contributed by atoms with Crippen molar-refractivity contribution in [3.8, 4) is 0 Å². The molecule has 1 rings (SSSR count). The van der Waals surface area contributed by atoms with Crippen LogP contribution < -0.4 is 5.32 Å². The van der Waals surface area contributed by atoms with Crippen LogP contribution in [0.5, 0.6) is 0 Å². The van der Waals surface area contributed by atoms with Crippen LogP contribution in [-0.2, 0) is 9.53 Å². The van der Waals surface area contributed by atoms with E-state index in [9.17, 15) is 4.79 Å². The molecule has 1 aliphatic rings. The second kappa shape index (κ2) is 4.86. The third-order valence-corrected chi connectivity index (χ3v) is 2.44. The molecule has 0 aromatic rings. The molecule has 1 unspecified atom stereocenters. The average molecular weight is 203 g/mol. The topological polar surface area (TPSA) is 38.3 Å². The van der Waals surface area contributed by atoms with Gasteiger partial charge < -0.3 is 10.1 Å².